The summed E-state index contributed by atoms with van der Waals surface area (Å²) >= 11 is 7.62. The molecule has 0 heterocycles. The van der Waals surface area contributed by atoms with Gasteiger partial charge in [-0.2, -0.15) is 0 Å². The molecule has 2 rings (SSSR count). The largest absolute Gasteiger partial charge is 0.352 e. The zero-order chi connectivity index (χ0) is 21.9. The van der Waals surface area contributed by atoms with Gasteiger partial charge in [0.1, 0.15) is 6.04 Å². The van der Waals surface area contributed by atoms with Gasteiger partial charge in [0.15, 0.2) is 0 Å². The molecule has 0 radical (unpaired) electrons. The molecule has 0 aliphatic carbocycles. The molecule has 2 unspecified atom stereocenters. The van der Waals surface area contributed by atoms with E-state index in [0.717, 1.165) is 34.1 Å². The van der Waals surface area contributed by atoms with E-state index in [9.17, 15) is 9.59 Å². The summed E-state index contributed by atoms with van der Waals surface area (Å²) in [6.45, 7) is 6.24. The molecule has 4 nitrogen and oxygen atoms in total. The summed E-state index contributed by atoms with van der Waals surface area (Å²) in [6.07, 6.45) is 2.01. The third kappa shape index (κ3) is 8.04. The van der Waals surface area contributed by atoms with Crippen LogP contribution in [0.2, 0.25) is 5.02 Å². The molecule has 0 spiro atoms. The molecule has 2 aromatic carbocycles. The van der Waals surface area contributed by atoms with E-state index in [1.807, 2.05) is 68.4 Å². The third-order valence-electron chi connectivity index (χ3n) is 4.98. The van der Waals surface area contributed by atoms with Gasteiger partial charge < -0.3 is 10.2 Å². The van der Waals surface area contributed by atoms with Crippen LogP contribution < -0.4 is 5.32 Å². The van der Waals surface area contributed by atoms with E-state index in [2.05, 4.69) is 5.32 Å². The Bertz CT molecular complexity index is 799. The lowest BCUT2D eigenvalue weighted by molar-refractivity contribution is -0.140. The van der Waals surface area contributed by atoms with Crippen LogP contribution in [0, 0.1) is 0 Å². The average molecular weight is 447 g/mol. The molecular weight excluding hydrogens is 416 g/mol. The van der Waals surface area contributed by atoms with Crippen LogP contribution in [0.5, 0.6) is 0 Å². The molecule has 0 aliphatic rings. The second-order valence-corrected chi connectivity index (χ2v) is 9.01. The number of hydrogen-bond donors (Lipinski definition) is 1. The average Bonchev–Trinajstić information content (AvgIpc) is 2.76. The first kappa shape index (κ1) is 24.3. The summed E-state index contributed by atoms with van der Waals surface area (Å²) in [6, 6.07) is 17.1. The smallest absolute Gasteiger partial charge is 0.242 e. The molecule has 0 fully saturated rings. The Morgan fingerprint density at radius 2 is 1.73 bits per heavy atom. The van der Waals surface area contributed by atoms with Gasteiger partial charge in [0, 0.05) is 28.9 Å². The number of rotatable bonds is 11. The Balaban J connectivity index is 1.96. The maximum atomic E-state index is 13.0. The highest BCUT2D eigenvalue weighted by Gasteiger charge is 2.26. The number of hydrogen-bond acceptors (Lipinski definition) is 3. The Hall–Kier alpha value is -1.98. The van der Waals surface area contributed by atoms with Gasteiger partial charge in [-0.15, -0.1) is 11.8 Å². The number of amides is 2. The number of halogens is 1. The minimum atomic E-state index is -0.518. The molecule has 2 atom stereocenters. The van der Waals surface area contributed by atoms with E-state index in [1.54, 1.807) is 23.6 Å². The molecule has 2 amide bonds. The van der Waals surface area contributed by atoms with Gasteiger partial charge in [-0.1, -0.05) is 48.9 Å². The van der Waals surface area contributed by atoms with Crippen molar-refractivity contribution >= 4 is 35.2 Å². The van der Waals surface area contributed by atoms with Crippen LogP contribution in [0.15, 0.2) is 59.5 Å². The molecule has 1 N–H and O–H groups in total. The van der Waals surface area contributed by atoms with E-state index in [-0.39, 0.29) is 17.9 Å². The van der Waals surface area contributed by atoms with Crippen molar-refractivity contribution in [3.8, 4) is 0 Å². The molecular formula is C24H31ClN2O2S. The van der Waals surface area contributed by atoms with Gasteiger partial charge in [-0.3, -0.25) is 9.59 Å². The minimum absolute atomic E-state index is 0.00219. The van der Waals surface area contributed by atoms with Crippen LogP contribution >= 0.6 is 23.4 Å². The second kappa shape index (κ2) is 12.7. The van der Waals surface area contributed by atoms with Crippen molar-refractivity contribution < 1.29 is 9.59 Å². The van der Waals surface area contributed by atoms with E-state index in [1.165, 1.54) is 0 Å². The zero-order valence-corrected chi connectivity index (χ0v) is 19.5. The lowest BCUT2D eigenvalue weighted by Crippen LogP contribution is -2.49. The van der Waals surface area contributed by atoms with Crippen molar-refractivity contribution in [1.82, 2.24) is 10.2 Å². The maximum Gasteiger partial charge on any atom is 0.242 e. The van der Waals surface area contributed by atoms with Gasteiger partial charge in [-0.25, -0.2) is 0 Å². The zero-order valence-electron chi connectivity index (χ0n) is 17.9. The van der Waals surface area contributed by atoms with Crippen LogP contribution in [0.25, 0.3) is 0 Å². The number of nitrogens with zero attached hydrogens (tertiary/aromatic N) is 1. The summed E-state index contributed by atoms with van der Waals surface area (Å²) in [7, 11) is 0. The highest BCUT2D eigenvalue weighted by molar-refractivity contribution is 7.99. The lowest BCUT2D eigenvalue weighted by atomic mass is 10.1. The molecule has 30 heavy (non-hydrogen) atoms. The number of carbonyl (C=O) groups excluding carboxylic acids is 2. The highest BCUT2D eigenvalue weighted by Crippen LogP contribution is 2.22. The molecule has 162 valence electrons. The van der Waals surface area contributed by atoms with Crippen molar-refractivity contribution in [2.45, 2.75) is 63.6 Å². The third-order valence-corrected chi connectivity index (χ3v) is 6.33. The molecule has 0 saturated heterocycles. The first-order chi connectivity index (χ1) is 14.4. The van der Waals surface area contributed by atoms with E-state index < -0.39 is 6.04 Å². The fraction of sp³-hybridized carbons (Fsp3) is 0.417. The molecule has 6 heteroatoms. The molecule has 0 aromatic heterocycles. The Morgan fingerprint density at radius 3 is 2.37 bits per heavy atom. The number of nitrogens with one attached hydrogen (secondary N) is 1. The predicted molar refractivity (Wildman–Crippen MR) is 126 cm³/mol. The van der Waals surface area contributed by atoms with Crippen LogP contribution in [-0.2, 0) is 16.1 Å². The van der Waals surface area contributed by atoms with E-state index >= 15 is 0 Å². The van der Waals surface area contributed by atoms with Gasteiger partial charge in [0.05, 0.1) is 0 Å². The highest BCUT2D eigenvalue weighted by atomic mass is 35.5. The number of thioether (sulfide) groups is 1. The first-order valence-corrected chi connectivity index (χ1v) is 11.8. The van der Waals surface area contributed by atoms with E-state index in [4.69, 9.17) is 11.6 Å². The summed E-state index contributed by atoms with van der Waals surface area (Å²) < 4.78 is 0. The molecule has 2 aromatic rings. The summed E-state index contributed by atoms with van der Waals surface area (Å²) in [5, 5.41) is 3.71. The second-order valence-electron chi connectivity index (χ2n) is 7.41. The van der Waals surface area contributed by atoms with Crippen molar-refractivity contribution in [1.29, 1.82) is 0 Å². The number of carbonyl (C=O) groups is 2. The minimum Gasteiger partial charge on any atom is -0.352 e. The topological polar surface area (TPSA) is 49.4 Å². The quantitative estimate of drug-likeness (QED) is 0.364. The van der Waals surface area contributed by atoms with Gasteiger partial charge in [-0.05, 0) is 62.3 Å². The van der Waals surface area contributed by atoms with Gasteiger partial charge in [0.25, 0.3) is 0 Å². The van der Waals surface area contributed by atoms with Crippen LogP contribution in [0.4, 0.5) is 0 Å². The Labute approximate surface area is 189 Å². The maximum absolute atomic E-state index is 13.0. The first-order valence-electron chi connectivity index (χ1n) is 10.4. The molecule has 0 saturated carbocycles. The standard InChI is InChI=1S/C24H31ClN2O2S/c1-4-18(2)26-24(29)19(3)27(17-20-9-6-5-7-10-20)23(28)11-8-16-30-22-14-12-21(25)13-15-22/h5-7,9-10,12-15,18-19H,4,8,11,16-17H2,1-3H3,(H,26,29). The summed E-state index contributed by atoms with van der Waals surface area (Å²) in [5.41, 5.74) is 1.02. The predicted octanol–water partition coefficient (Wildman–Crippen LogP) is 5.54. The fourth-order valence-electron chi connectivity index (χ4n) is 2.92. The number of benzene rings is 2. The van der Waals surface area contributed by atoms with Crippen LogP contribution in [0.3, 0.4) is 0 Å². The van der Waals surface area contributed by atoms with Crippen molar-refractivity contribution in [3.63, 3.8) is 0 Å². The molecule has 0 bridgehead atoms. The lowest BCUT2D eigenvalue weighted by Gasteiger charge is -2.29. The van der Waals surface area contributed by atoms with Crippen molar-refractivity contribution in [2.75, 3.05) is 5.75 Å². The van der Waals surface area contributed by atoms with Crippen molar-refractivity contribution in [2.24, 2.45) is 0 Å². The monoisotopic (exact) mass is 446 g/mol. The Morgan fingerprint density at radius 1 is 1.07 bits per heavy atom. The Kier molecular flexibility index (Phi) is 10.2. The van der Waals surface area contributed by atoms with E-state index in [0.29, 0.717) is 13.0 Å². The fourth-order valence-corrected chi connectivity index (χ4v) is 3.90. The summed E-state index contributed by atoms with van der Waals surface area (Å²) in [4.78, 5) is 28.5. The van der Waals surface area contributed by atoms with Gasteiger partial charge >= 0.3 is 0 Å². The summed E-state index contributed by atoms with van der Waals surface area (Å²) in [5.74, 6) is 0.728. The van der Waals surface area contributed by atoms with Crippen LogP contribution in [0.1, 0.15) is 45.6 Å². The normalized spacial score (nSPS) is 12.8. The van der Waals surface area contributed by atoms with Crippen molar-refractivity contribution in [3.05, 3.63) is 65.2 Å². The molecule has 0 aliphatic heterocycles. The SMILES string of the molecule is CCC(C)NC(=O)C(C)N(Cc1ccccc1)C(=O)CCCSc1ccc(Cl)cc1. The van der Waals surface area contributed by atoms with Crippen LogP contribution in [-0.4, -0.2) is 34.6 Å². The van der Waals surface area contributed by atoms with Gasteiger partial charge in [0.2, 0.25) is 11.8 Å².